The highest BCUT2D eigenvalue weighted by Gasteiger charge is 2.47. The molecule has 4 N–H and O–H groups in total. The summed E-state index contributed by atoms with van der Waals surface area (Å²) in [6, 6.07) is 7.63. The lowest BCUT2D eigenvalue weighted by Crippen LogP contribution is -2.50. The number of para-hydroxylation sites is 1. The number of methoxy groups -OCH3 is 2. The Bertz CT molecular complexity index is 2450. The lowest BCUT2D eigenvalue weighted by molar-refractivity contribution is -0.175. The normalized spacial score (nSPS) is 23.1. The van der Waals surface area contributed by atoms with Crippen LogP contribution in [0.2, 0.25) is 0 Å². The Balaban J connectivity index is 0.000000229. The number of amides is 2. The lowest BCUT2D eigenvalue weighted by Gasteiger charge is -2.39. The molecular formula is C50H60N2O16. The van der Waals surface area contributed by atoms with Gasteiger partial charge in [-0.15, -0.1) is 0 Å². The summed E-state index contributed by atoms with van der Waals surface area (Å²) in [6.07, 6.45) is 3.30. The third-order valence-corrected chi connectivity index (χ3v) is 11.9. The standard InChI is InChI=1S/C27H38N2O9.C23H22O7/c1-6-7-8-10-19-24(38-21(31)13-15(2)3)17(5)37-27(35)22(16(4)36-26(19)34)29-25(33)18-11-9-12-20(23(18)32)28-14-30;1-23(2)6-5-11-15(30-23)8-13(24)20-21(25)19-12-7-16(26-3)17(27-4)9-14(12)28-10-18(19)29-22(11)20/h9,11-12,14-17,19,22,24,32H,6-8,10,13H2,1-5H3,(H,28,30)(H,29,33);5-9,18-19,24H,10H2,1-4H3. The van der Waals surface area contributed by atoms with Gasteiger partial charge < -0.3 is 58.7 Å². The number of benzene rings is 3. The zero-order chi connectivity index (χ0) is 49.6. The summed E-state index contributed by atoms with van der Waals surface area (Å²) in [7, 11) is 3.07. The van der Waals surface area contributed by atoms with E-state index < -0.39 is 77.5 Å². The van der Waals surface area contributed by atoms with Crippen LogP contribution in [0.4, 0.5) is 5.69 Å². The molecule has 0 aliphatic carbocycles. The molecule has 4 heterocycles. The average Bonchev–Trinajstić information content (AvgIpc) is 3.30. The number of aromatic hydroxyl groups is 2. The van der Waals surface area contributed by atoms with Crippen LogP contribution in [0, 0.1) is 11.8 Å². The molecule has 4 aliphatic rings. The molecule has 18 heteroatoms. The van der Waals surface area contributed by atoms with Crippen molar-refractivity contribution in [2.75, 3.05) is 26.1 Å². The number of Topliss-reactive ketones (excluding diaryl/α,β-unsaturated/α-hetero) is 1. The van der Waals surface area contributed by atoms with Gasteiger partial charge in [0.05, 0.1) is 42.9 Å². The van der Waals surface area contributed by atoms with Crippen molar-refractivity contribution in [3.05, 3.63) is 64.7 Å². The van der Waals surface area contributed by atoms with E-state index in [1.54, 1.807) is 19.2 Å². The lowest BCUT2D eigenvalue weighted by atomic mass is 9.80. The van der Waals surface area contributed by atoms with Gasteiger partial charge in [0.1, 0.15) is 59.1 Å². The molecule has 3 aromatic carbocycles. The number of anilines is 1. The first-order chi connectivity index (χ1) is 32.3. The van der Waals surface area contributed by atoms with Gasteiger partial charge in [-0.3, -0.25) is 24.0 Å². The van der Waals surface area contributed by atoms with Gasteiger partial charge >= 0.3 is 17.9 Å². The van der Waals surface area contributed by atoms with Crippen LogP contribution in [-0.2, 0) is 33.4 Å². The molecule has 0 aromatic heterocycles. The SMILES string of the molecule is CCCCCC1C(=O)OC(C)C(NC(=O)c2cccc(NC=O)c2O)C(=O)OC(C)C1OC(=O)CC(C)C.COc1cc2c(cc1OC)C1C(=O)c3c(O)cc4c(c3OC1CO2)C=CC(C)(C)O4. The number of carbonyl (C=O) groups excluding carboxylic acids is 6. The number of phenolic OH excluding ortho intramolecular Hbond substituents is 2. The van der Waals surface area contributed by atoms with Crippen molar-refractivity contribution in [3.63, 3.8) is 0 Å². The van der Waals surface area contributed by atoms with E-state index in [2.05, 4.69) is 10.6 Å². The summed E-state index contributed by atoms with van der Waals surface area (Å²) in [5.41, 5.74) is 0.715. The molecule has 3 aromatic rings. The van der Waals surface area contributed by atoms with Gasteiger partial charge in [-0.25, -0.2) is 4.79 Å². The highest BCUT2D eigenvalue weighted by molar-refractivity contribution is 6.09. The third-order valence-electron chi connectivity index (χ3n) is 11.9. The maximum Gasteiger partial charge on any atom is 0.332 e. The number of phenols is 2. The van der Waals surface area contributed by atoms with Crippen molar-refractivity contribution in [2.24, 2.45) is 11.8 Å². The number of ketones is 1. The average molecular weight is 945 g/mol. The first kappa shape index (κ1) is 50.4. The Labute approximate surface area is 394 Å². The van der Waals surface area contributed by atoms with Crippen molar-refractivity contribution in [1.29, 1.82) is 0 Å². The monoisotopic (exact) mass is 944 g/mol. The second kappa shape index (κ2) is 21.3. The van der Waals surface area contributed by atoms with Gasteiger partial charge in [0.25, 0.3) is 5.91 Å². The number of esters is 3. The third kappa shape index (κ3) is 10.9. The molecule has 68 heavy (non-hydrogen) atoms. The van der Waals surface area contributed by atoms with E-state index in [1.807, 2.05) is 46.8 Å². The van der Waals surface area contributed by atoms with Gasteiger partial charge in [-0.2, -0.15) is 0 Å². The van der Waals surface area contributed by atoms with Crippen LogP contribution in [0.5, 0.6) is 40.2 Å². The molecule has 7 atom stereocenters. The molecule has 1 fully saturated rings. The number of hydrogen-bond acceptors (Lipinski definition) is 16. The molecule has 4 aliphatic heterocycles. The summed E-state index contributed by atoms with van der Waals surface area (Å²) in [6.45, 7) is 12.7. The highest BCUT2D eigenvalue weighted by Crippen LogP contribution is 2.52. The molecule has 366 valence electrons. The Morgan fingerprint density at radius 1 is 0.941 bits per heavy atom. The number of nitrogens with one attached hydrogen (secondary N) is 2. The Hall–Kier alpha value is -6.98. The molecule has 0 spiro atoms. The van der Waals surface area contributed by atoms with E-state index in [4.69, 9.17) is 37.9 Å². The van der Waals surface area contributed by atoms with Crippen LogP contribution in [0.1, 0.15) is 118 Å². The smallest absolute Gasteiger partial charge is 0.332 e. The van der Waals surface area contributed by atoms with Crippen LogP contribution in [-0.4, -0.2) is 103 Å². The van der Waals surface area contributed by atoms with E-state index in [0.717, 1.165) is 12.8 Å². The van der Waals surface area contributed by atoms with Gasteiger partial charge in [0.2, 0.25) is 6.41 Å². The van der Waals surface area contributed by atoms with Crippen molar-refractivity contribution in [1.82, 2.24) is 5.32 Å². The summed E-state index contributed by atoms with van der Waals surface area (Å²) >= 11 is 0. The molecule has 18 nitrogen and oxygen atoms in total. The van der Waals surface area contributed by atoms with Gasteiger partial charge in [0, 0.05) is 24.1 Å². The zero-order valence-corrected chi connectivity index (χ0v) is 39.7. The fraction of sp³-hybridized carbons (Fsp3) is 0.480. The minimum atomic E-state index is -1.42. The largest absolute Gasteiger partial charge is 0.507 e. The summed E-state index contributed by atoms with van der Waals surface area (Å²) < 4.78 is 45.7. The summed E-state index contributed by atoms with van der Waals surface area (Å²) in [4.78, 5) is 76.3. The Morgan fingerprint density at radius 3 is 2.32 bits per heavy atom. The Morgan fingerprint density at radius 2 is 1.65 bits per heavy atom. The van der Waals surface area contributed by atoms with Gasteiger partial charge in [-0.05, 0) is 70.4 Å². The maximum absolute atomic E-state index is 13.6. The van der Waals surface area contributed by atoms with E-state index in [1.165, 1.54) is 45.2 Å². The fourth-order valence-corrected chi connectivity index (χ4v) is 8.50. The quantitative estimate of drug-likeness (QED) is 0.0453. The van der Waals surface area contributed by atoms with E-state index in [0.29, 0.717) is 59.1 Å². The number of ether oxygens (including phenoxy) is 8. The first-order valence-electron chi connectivity index (χ1n) is 22.6. The predicted octanol–water partition coefficient (Wildman–Crippen LogP) is 6.80. The fourth-order valence-electron chi connectivity index (χ4n) is 8.50. The van der Waals surface area contributed by atoms with Gasteiger partial charge in [0.15, 0.2) is 35.2 Å². The zero-order valence-electron chi connectivity index (χ0n) is 39.7. The summed E-state index contributed by atoms with van der Waals surface area (Å²) in [5.74, 6) is -2.93. The van der Waals surface area contributed by atoms with Crippen LogP contribution >= 0.6 is 0 Å². The molecular weight excluding hydrogens is 885 g/mol. The minimum Gasteiger partial charge on any atom is -0.507 e. The van der Waals surface area contributed by atoms with Crippen molar-refractivity contribution in [2.45, 2.75) is 123 Å². The van der Waals surface area contributed by atoms with E-state index in [9.17, 15) is 39.0 Å². The van der Waals surface area contributed by atoms with Crippen LogP contribution in [0.3, 0.4) is 0 Å². The molecule has 0 saturated carbocycles. The molecule has 2 amide bonds. The number of fused-ring (bicyclic) bond motifs is 6. The minimum absolute atomic E-state index is 0.00114. The maximum atomic E-state index is 13.6. The second-order valence-electron chi connectivity index (χ2n) is 18.0. The number of carbonyl (C=O) groups is 6. The number of cyclic esters (lactones) is 2. The molecule has 0 bridgehead atoms. The molecule has 7 rings (SSSR count). The van der Waals surface area contributed by atoms with E-state index >= 15 is 0 Å². The predicted molar refractivity (Wildman–Crippen MR) is 245 cm³/mol. The number of rotatable bonds is 13. The van der Waals surface area contributed by atoms with Crippen LogP contribution < -0.4 is 34.3 Å². The molecule has 0 radical (unpaired) electrons. The van der Waals surface area contributed by atoms with Crippen molar-refractivity contribution in [3.8, 4) is 40.2 Å². The highest BCUT2D eigenvalue weighted by atomic mass is 16.6. The second-order valence-corrected chi connectivity index (χ2v) is 18.0. The van der Waals surface area contributed by atoms with Gasteiger partial charge in [-0.1, -0.05) is 46.1 Å². The Kier molecular flexibility index (Phi) is 15.8. The number of hydrogen-bond donors (Lipinski definition) is 4. The molecule has 1 saturated heterocycles. The topological polar surface area (TPSA) is 241 Å². The number of unbranched alkanes of at least 4 members (excludes halogenated alkanes) is 2. The molecule has 7 unspecified atom stereocenters. The van der Waals surface area contributed by atoms with Crippen LogP contribution in [0.15, 0.2) is 42.5 Å². The van der Waals surface area contributed by atoms with Crippen molar-refractivity contribution < 1.29 is 76.9 Å². The first-order valence-corrected chi connectivity index (χ1v) is 22.6. The van der Waals surface area contributed by atoms with Crippen LogP contribution in [0.25, 0.3) is 6.08 Å². The van der Waals surface area contributed by atoms with E-state index in [-0.39, 0.29) is 47.3 Å². The summed E-state index contributed by atoms with van der Waals surface area (Å²) in [5, 5.41) is 25.8. The van der Waals surface area contributed by atoms with Crippen molar-refractivity contribution >= 4 is 47.8 Å².